The third-order valence-corrected chi connectivity index (χ3v) is 2.21. The summed E-state index contributed by atoms with van der Waals surface area (Å²) in [6, 6.07) is 1.32. The number of carbonyl (C=O) groups excluding carboxylic acids is 1. The van der Waals surface area contributed by atoms with Gasteiger partial charge in [-0.15, -0.1) is 0 Å². The Bertz CT molecular complexity index is 439. The van der Waals surface area contributed by atoms with E-state index in [-0.39, 0.29) is 30.8 Å². The topological polar surface area (TPSA) is 85.4 Å². The van der Waals surface area contributed by atoms with Gasteiger partial charge in [0.05, 0.1) is 18.7 Å². The van der Waals surface area contributed by atoms with Crippen LogP contribution in [0.2, 0.25) is 0 Å². The van der Waals surface area contributed by atoms with Crippen LogP contribution < -0.4 is 5.73 Å². The fourth-order valence-electron chi connectivity index (χ4n) is 1.43. The summed E-state index contributed by atoms with van der Waals surface area (Å²) in [5.41, 5.74) is 4.79. The summed E-state index contributed by atoms with van der Waals surface area (Å²) in [4.78, 5) is 14.8. The molecule has 1 aromatic heterocycles. The highest BCUT2D eigenvalue weighted by molar-refractivity contribution is 5.72. The molecule has 0 aromatic carbocycles. The van der Waals surface area contributed by atoms with Crippen molar-refractivity contribution in [3.8, 4) is 5.75 Å². The molecule has 18 heavy (non-hydrogen) atoms. The van der Waals surface area contributed by atoms with E-state index in [1.807, 2.05) is 0 Å². The quantitative estimate of drug-likeness (QED) is 0.779. The van der Waals surface area contributed by atoms with Gasteiger partial charge in [-0.05, 0) is 13.0 Å². The molecule has 1 heterocycles. The number of rotatable bonds is 5. The van der Waals surface area contributed by atoms with Gasteiger partial charge in [0.1, 0.15) is 11.4 Å². The number of nitrogens with zero attached hydrogens (tertiary/aromatic N) is 1. The van der Waals surface area contributed by atoms with Crippen LogP contribution in [-0.4, -0.2) is 22.7 Å². The third kappa shape index (κ3) is 3.36. The number of pyridine rings is 1. The highest BCUT2D eigenvalue weighted by Crippen LogP contribution is 2.30. The molecular weight excluding hydrogens is 246 g/mol. The van der Waals surface area contributed by atoms with Crippen molar-refractivity contribution < 1.29 is 23.4 Å². The standard InChI is InChI=1S/C11H14F2N2O3/c1-2-18-8(16)4-7-3-6(5-14)10(17)9(15-7)11(12)13/h3,11,17H,2,4-5,14H2,1H3. The first kappa shape index (κ1) is 14.3. The molecule has 0 unspecified atom stereocenters. The van der Waals surface area contributed by atoms with Gasteiger partial charge < -0.3 is 15.6 Å². The molecule has 0 aliphatic rings. The number of hydrogen-bond donors (Lipinski definition) is 2. The minimum atomic E-state index is -2.93. The Morgan fingerprint density at radius 2 is 2.28 bits per heavy atom. The van der Waals surface area contributed by atoms with Crippen molar-refractivity contribution in [3.05, 3.63) is 23.0 Å². The van der Waals surface area contributed by atoms with Crippen LogP contribution in [0.3, 0.4) is 0 Å². The van der Waals surface area contributed by atoms with Crippen LogP contribution in [0.15, 0.2) is 6.07 Å². The van der Waals surface area contributed by atoms with Crippen molar-refractivity contribution in [1.29, 1.82) is 0 Å². The zero-order chi connectivity index (χ0) is 13.7. The summed E-state index contributed by atoms with van der Waals surface area (Å²) in [7, 11) is 0. The van der Waals surface area contributed by atoms with E-state index >= 15 is 0 Å². The molecular formula is C11H14F2N2O3. The zero-order valence-electron chi connectivity index (χ0n) is 9.82. The molecule has 0 aliphatic heterocycles. The van der Waals surface area contributed by atoms with Gasteiger partial charge in [0.2, 0.25) is 0 Å². The number of alkyl halides is 2. The molecule has 0 fully saturated rings. The first-order chi connectivity index (χ1) is 8.49. The smallest absolute Gasteiger partial charge is 0.311 e. The Morgan fingerprint density at radius 3 is 2.78 bits per heavy atom. The van der Waals surface area contributed by atoms with Gasteiger partial charge in [0.25, 0.3) is 6.43 Å². The maximum Gasteiger partial charge on any atom is 0.311 e. The molecule has 0 saturated heterocycles. The van der Waals surface area contributed by atoms with Crippen LogP contribution in [0.25, 0.3) is 0 Å². The van der Waals surface area contributed by atoms with Crippen molar-refractivity contribution in [2.75, 3.05) is 6.61 Å². The molecule has 5 nitrogen and oxygen atoms in total. The lowest BCUT2D eigenvalue weighted by atomic mass is 10.1. The van der Waals surface area contributed by atoms with Gasteiger partial charge in [-0.3, -0.25) is 4.79 Å². The van der Waals surface area contributed by atoms with E-state index in [0.717, 1.165) is 0 Å². The van der Waals surface area contributed by atoms with E-state index in [9.17, 15) is 18.7 Å². The molecule has 0 spiro atoms. The van der Waals surface area contributed by atoms with E-state index in [2.05, 4.69) is 9.72 Å². The largest absolute Gasteiger partial charge is 0.505 e. The molecule has 0 bridgehead atoms. The summed E-state index contributed by atoms with van der Waals surface area (Å²) >= 11 is 0. The summed E-state index contributed by atoms with van der Waals surface area (Å²) < 4.78 is 30.0. The summed E-state index contributed by atoms with van der Waals surface area (Å²) in [6.45, 7) is 1.71. The fourth-order valence-corrected chi connectivity index (χ4v) is 1.43. The van der Waals surface area contributed by atoms with Gasteiger partial charge in [0.15, 0.2) is 0 Å². The first-order valence-electron chi connectivity index (χ1n) is 5.35. The number of ether oxygens (including phenoxy) is 1. The van der Waals surface area contributed by atoms with Crippen LogP contribution in [-0.2, 0) is 22.5 Å². The third-order valence-electron chi connectivity index (χ3n) is 2.21. The van der Waals surface area contributed by atoms with Crippen LogP contribution in [0.1, 0.15) is 30.3 Å². The number of aromatic hydroxyl groups is 1. The lowest BCUT2D eigenvalue weighted by molar-refractivity contribution is -0.142. The fraction of sp³-hybridized carbons (Fsp3) is 0.455. The summed E-state index contributed by atoms with van der Waals surface area (Å²) in [6.07, 6.45) is -3.17. The van der Waals surface area contributed by atoms with Crippen molar-refractivity contribution >= 4 is 5.97 Å². The predicted molar refractivity (Wildman–Crippen MR) is 59.1 cm³/mol. The number of halogens is 2. The van der Waals surface area contributed by atoms with E-state index in [1.54, 1.807) is 6.92 Å². The molecule has 0 radical (unpaired) electrons. The van der Waals surface area contributed by atoms with E-state index in [0.29, 0.717) is 0 Å². The van der Waals surface area contributed by atoms with Crippen molar-refractivity contribution in [1.82, 2.24) is 4.98 Å². The Labute approximate surface area is 103 Å². The molecule has 0 saturated carbocycles. The molecule has 3 N–H and O–H groups in total. The minimum absolute atomic E-state index is 0.0991. The minimum Gasteiger partial charge on any atom is -0.505 e. The van der Waals surface area contributed by atoms with Crippen molar-refractivity contribution in [2.45, 2.75) is 26.3 Å². The van der Waals surface area contributed by atoms with Gasteiger partial charge in [-0.25, -0.2) is 13.8 Å². The van der Waals surface area contributed by atoms with Gasteiger partial charge in [-0.1, -0.05) is 0 Å². The number of esters is 1. The van der Waals surface area contributed by atoms with Gasteiger partial charge in [0, 0.05) is 12.1 Å². The Morgan fingerprint density at radius 1 is 1.61 bits per heavy atom. The van der Waals surface area contributed by atoms with Gasteiger partial charge >= 0.3 is 5.97 Å². The monoisotopic (exact) mass is 260 g/mol. The van der Waals surface area contributed by atoms with E-state index in [4.69, 9.17) is 5.73 Å². The van der Waals surface area contributed by atoms with Crippen molar-refractivity contribution in [2.24, 2.45) is 5.73 Å². The number of carbonyl (C=O) groups is 1. The normalized spacial score (nSPS) is 10.7. The average Bonchev–Trinajstić information content (AvgIpc) is 2.31. The number of nitrogens with two attached hydrogens (primary N) is 1. The summed E-state index contributed by atoms with van der Waals surface area (Å²) in [5.74, 6) is -1.20. The Balaban J connectivity index is 3.06. The highest BCUT2D eigenvalue weighted by Gasteiger charge is 2.20. The van der Waals surface area contributed by atoms with E-state index < -0.39 is 23.8 Å². The van der Waals surface area contributed by atoms with Crippen molar-refractivity contribution in [3.63, 3.8) is 0 Å². The molecule has 0 amide bonds. The van der Waals surface area contributed by atoms with Crippen LogP contribution in [0.5, 0.6) is 5.75 Å². The highest BCUT2D eigenvalue weighted by atomic mass is 19.3. The maximum atomic E-state index is 12.6. The first-order valence-corrected chi connectivity index (χ1v) is 5.35. The van der Waals surface area contributed by atoms with E-state index in [1.165, 1.54) is 6.07 Å². The second-order valence-corrected chi connectivity index (χ2v) is 3.49. The Hall–Kier alpha value is -1.76. The zero-order valence-corrected chi connectivity index (χ0v) is 9.82. The molecule has 0 aliphatic carbocycles. The lowest BCUT2D eigenvalue weighted by Gasteiger charge is -2.10. The average molecular weight is 260 g/mol. The predicted octanol–water partition coefficient (Wildman–Crippen LogP) is 1.29. The number of hydrogen-bond acceptors (Lipinski definition) is 5. The molecule has 0 atom stereocenters. The molecule has 1 rings (SSSR count). The molecule has 7 heteroatoms. The maximum absolute atomic E-state index is 12.6. The number of aromatic nitrogens is 1. The van der Waals surface area contributed by atoms with Crippen LogP contribution in [0.4, 0.5) is 8.78 Å². The second-order valence-electron chi connectivity index (χ2n) is 3.49. The molecule has 1 aromatic rings. The van der Waals surface area contributed by atoms with Gasteiger partial charge in [-0.2, -0.15) is 0 Å². The second kappa shape index (κ2) is 6.25. The lowest BCUT2D eigenvalue weighted by Crippen LogP contribution is -2.11. The Kier molecular flexibility index (Phi) is 4.96. The SMILES string of the molecule is CCOC(=O)Cc1cc(CN)c(O)c(C(F)F)n1. The van der Waals surface area contributed by atoms with Crippen LogP contribution >= 0.6 is 0 Å². The molecule has 100 valence electrons. The summed E-state index contributed by atoms with van der Waals surface area (Å²) in [5, 5.41) is 9.48. The van der Waals surface area contributed by atoms with Crippen LogP contribution in [0, 0.1) is 0 Å².